The molecule has 0 spiro atoms. The van der Waals surface area contributed by atoms with Gasteiger partial charge in [-0.25, -0.2) is 9.97 Å². The average molecular weight is 314 g/mol. The largest absolute Gasteiger partial charge is 0.220 e. The Hall–Kier alpha value is -0.830. The van der Waals surface area contributed by atoms with E-state index in [-0.39, 0.29) is 0 Å². The second-order valence-electron chi connectivity index (χ2n) is 4.84. The standard InChI is InChI=1S/C14H11Cl3N2/c1-7-6-9(7)14-18-12(16)11(13(17)19-14)8-4-2-3-5-10(8)15/h2-5,7,9H,6H2,1H3. The Kier molecular flexibility index (Phi) is 3.42. The second-order valence-corrected chi connectivity index (χ2v) is 5.96. The van der Waals surface area contributed by atoms with E-state index in [1.54, 1.807) is 6.07 Å². The summed E-state index contributed by atoms with van der Waals surface area (Å²) in [5.74, 6) is 1.73. The van der Waals surface area contributed by atoms with Gasteiger partial charge in [0, 0.05) is 16.5 Å². The Morgan fingerprint density at radius 3 is 2.16 bits per heavy atom. The lowest BCUT2D eigenvalue weighted by molar-refractivity contribution is 0.843. The lowest BCUT2D eigenvalue weighted by Crippen LogP contribution is -1.98. The van der Waals surface area contributed by atoms with Crippen molar-refractivity contribution in [3.8, 4) is 11.1 Å². The van der Waals surface area contributed by atoms with Crippen molar-refractivity contribution in [2.45, 2.75) is 19.3 Å². The quantitative estimate of drug-likeness (QED) is 0.710. The van der Waals surface area contributed by atoms with Crippen LogP contribution in [-0.2, 0) is 0 Å². The summed E-state index contributed by atoms with van der Waals surface area (Å²) >= 11 is 18.7. The van der Waals surface area contributed by atoms with Crippen LogP contribution in [0.4, 0.5) is 0 Å². The van der Waals surface area contributed by atoms with Crippen LogP contribution in [0.15, 0.2) is 24.3 Å². The fourth-order valence-corrected chi connectivity index (χ4v) is 2.99. The highest BCUT2D eigenvalue weighted by molar-refractivity contribution is 6.40. The summed E-state index contributed by atoms with van der Waals surface area (Å²) in [6.07, 6.45) is 1.10. The molecule has 1 heterocycles. The molecule has 0 amide bonds. The summed E-state index contributed by atoms with van der Waals surface area (Å²) in [7, 11) is 0. The molecule has 5 heteroatoms. The van der Waals surface area contributed by atoms with Crippen LogP contribution in [0.25, 0.3) is 11.1 Å². The van der Waals surface area contributed by atoms with Crippen molar-refractivity contribution in [1.82, 2.24) is 9.97 Å². The molecule has 2 aromatic rings. The van der Waals surface area contributed by atoms with Crippen molar-refractivity contribution >= 4 is 34.8 Å². The topological polar surface area (TPSA) is 25.8 Å². The van der Waals surface area contributed by atoms with E-state index in [9.17, 15) is 0 Å². The van der Waals surface area contributed by atoms with Crippen molar-refractivity contribution in [2.24, 2.45) is 5.92 Å². The van der Waals surface area contributed by atoms with E-state index in [0.717, 1.165) is 17.8 Å². The molecule has 1 aliphatic carbocycles. The first-order valence-electron chi connectivity index (χ1n) is 6.05. The summed E-state index contributed by atoms with van der Waals surface area (Å²) in [6, 6.07) is 7.39. The van der Waals surface area contributed by atoms with Crippen molar-refractivity contribution in [1.29, 1.82) is 0 Å². The Bertz CT molecular complexity index is 619. The molecule has 2 nitrogen and oxygen atoms in total. The van der Waals surface area contributed by atoms with E-state index >= 15 is 0 Å². The number of halogens is 3. The van der Waals surface area contributed by atoms with E-state index in [1.165, 1.54) is 0 Å². The van der Waals surface area contributed by atoms with Crippen LogP contribution in [0.3, 0.4) is 0 Å². The average Bonchev–Trinajstić information content (AvgIpc) is 3.08. The zero-order valence-electron chi connectivity index (χ0n) is 10.2. The van der Waals surface area contributed by atoms with E-state index in [0.29, 0.717) is 32.7 Å². The van der Waals surface area contributed by atoms with Gasteiger partial charge in [0.25, 0.3) is 0 Å². The first kappa shape index (κ1) is 13.2. The minimum absolute atomic E-state index is 0.363. The monoisotopic (exact) mass is 312 g/mol. The van der Waals surface area contributed by atoms with Crippen LogP contribution in [0.2, 0.25) is 15.3 Å². The molecule has 2 atom stereocenters. The third kappa shape index (κ3) is 2.45. The van der Waals surface area contributed by atoms with Gasteiger partial charge >= 0.3 is 0 Å². The predicted octanol–water partition coefficient (Wildman–Crippen LogP) is 5.23. The first-order valence-corrected chi connectivity index (χ1v) is 7.19. The van der Waals surface area contributed by atoms with Crippen LogP contribution in [0.5, 0.6) is 0 Å². The van der Waals surface area contributed by atoms with Crippen LogP contribution in [0.1, 0.15) is 25.1 Å². The Morgan fingerprint density at radius 1 is 1.05 bits per heavy atom. The van der Waals surface area contributed by atoms with Gasteiger partial charge in [-0.3, -0.25) is 0 Å². The van der Waals surface area contributed by atoms with E-state index in [2.05, 4.69) is 16.9 Å². The van der Waals surface area contributed by atoms with Crippen molar-refractivity contribution in [2.75, 3.05) is 0 Å². The van der Waals surface area contributed by atoms with Crippen molar-refractivity contribution < 1.29 is 0 Å². The van der Waals surface area contributed by atoms with Crippen LogP contribution in [0, 0.1) is 5.92 Å². The molecule has 1 aliphatic rings. The molecule has 98 valence electrons. The zero-order chi connectivity index (χ0) is 13.6. The number of nitrogens with zero attached hydrogens (tertiary/aromatic N) is 2. The molecule has 19 heavy (non-hydrogen) atoms. The summed E-state index contributed by atoms with van der Waals surface area (Å²) in [5.41, 5.74) is 1.36. The molecule has 1 fully saturated rings. The zero-order valence-corrected chi connectivity index (χ0v) is 12.5. The summed E-state index contributed by atoms with van der Waals surface area (Å²) in [4.78, 5) is 8.75. The molecule has 2 unspecified atom stereocenters. The van der Waals surface area contributed by atoms with Gasteiger partial charge in [0.1, 0.15) is 16.1 Å². The Balaban J connectivity index is 2.10. The highest BCUT2D eigenvalue weighted by Gasteiger charge is 2.37. The predicted molar refractivity (Wildman–Crippen MR) is 79.0 cm³/mol. The Morgan fingerprint density at radius 2 is 1.63 bits per heavy atom. The van der Waals surface area contributed by atoms with Gasteiger partial charge in [-0.15, -0.1) is 0 Å². The summed E-state index contributed by atoms with van der Waals surface area (Å²) < 4.78 is 0. The van der Waals surface area contributed by atoms with Gasteiger partial charge in [-0.05, 0) is 18.4 Å². The number of benzene rings is 1. The minimum Gasteiger partial charge on any atom is -0.220 e. The first-order chi connectivity index (χ1) is 9.08. The van der Waals surface area contributed by atoms with Crippen LogP contribution >= 0.6 is 34.8 Å². The molecule has 1 aromatic heterocycles. The maximum Gasteiger partial charge on any atom is 0.142 e. The lowest BCUT2D eigenvalue weighted by Gasteiger charge is -2.09. The number of rotatable bonds is 2. The van der Waals surface area contributed by atoms with Gasteiger partial charge in [0.05, 0.1) is 5.56 Å². The van der Waals surface area contributed by atoms with Crippen LogP contribution in [-0.4, -0.2) is 9.97 Å². The lowest BCUT2D eigenvalue weighted by atomic mass is 10.1. The third-order valence-corrected chi connectivity index (χ3v) is 4.30. The molecular weight excluding hydrogens is 303 g/mol. The van der Waals surface area contributed by atoms with Gasteiger partial charge in [-0.1, -0.05) is 59.9 Å². The smallest absolute Gasteiger partial charge is 0.142 e. The van der Waals surface area contributed by atoms with E-state index < -0.39 is 0 Å². The van der Waals surface area contributed by atoms with Gasteiger partial charge in [0.2, 0.25) is 0 Å². The molecule has 1 aromatic carbocycles. The number of hydrogen-bond donors (Lipinski definition) is 0. The highest BCUT2D eigenvalue weighted by atomic mass is 35.5. The second kappa shape index (κ2) is 4.93. The van der Waals surface area contributed by atoms with Crippen molar-refractivity contribution in [3.05, 3.63) is 45.4 Å². The summed E-state index contributed by atoms with van der Waals surface area (Å²) in [5, 5.41) is 1.31. The molecule has 0 saturated heterocycles. The summed E-state index contributed by atoms with van der Waals surface area (Å²) in [6.45, 7) is 2.16. The Labute approximate surface area is 126 Å². The molecule has 0 radical (unpaired) electrons. The van der Waals surface area contributed by atoms with Crippen LogP contribution < -0.4 is 0 Å². The number of aromatic nitrogens is 2. The maximum atomic E-state index is 6.27. The van der Waals surface area contributed by atoms with Gasteiger partial charge in [0.15, 0.2) is 0 Å². The van der Waals surface area contributed by atoms with E-state index in [4.69, 9.17) is 34.8 Å². The highest BCUT2D eigenvalue weighted by Crippen LogP contribution is 2.47. The minimum atomic E-state index is 0.363. The van der Waals surface area contributed by atoms with Gasteiger partial charge in [-0.2, -0.15) is 0 Å². The molecule has 0 aliphatic heterocycles. The fourth-order valence-electron chi connectivity index (χ4n) is 2.16. The molecule has 0 N–H and O–H groups in total. The molecular formula is C14H11Cl3N2. The maximum absolute atomic E-state index is 6.27. The molecule has 3 rings (SSSR count). The number of hydrogen-bond acceptors (Lipinski definition) is 2. The van der Waals surface area contributed by atoms with Crippen molar-refractivity contribution in [3.63, 3.8) is 0 Å². The molecule has 0 bridgehead atoms. The van der Waals surface area contributed by atoms with Gasteiger partial charge < -0.3 is 0 Å². The fraction of sp³-hybridized carbons (Fsp3) is 0.286. The van der Waals surface area contributed by atoms with E-state index in [1.807, 2.05) is 18.2 Å². The molecule has 1 saturated carbocycles. The third-order valence-electron chi connectivity index (χ3n) is 3.42. The SMILES string of the molecule is CC1CC1c1nc(Cl)c(-c2ccccc2Cl)c(Cl)n1. The normalized spacial score (nSPS) is 21.5.